The Balaban J connectivity index is 1.51. The van der Waals surface area contributed by atoms with Gasteiger partial charge in [-0.05, 0) is 36.2 Å². The summed E-state index contributed by atoms with van der Waals surface area (Å²) in [6.45, 7) is 2.57. The number of oxazole rings is 1. The normalized spacial score (nSPS) is 13.2. The molecule has 0 radical (unpaired) electrons. The van der Waals surface area contributed by atoms with Crippen molar-refractivity contribution in [1.82, 2.24) is 4.98 Å². The fourth-order valence-electron chi connectivity index (χ4n) is 2.85. The molecule has 2 atom stereocenters. The van der Waals surface area contributed by atoms with Crippen LogP contribution in [0.25, 0.3) is 11.1 Å². The first-order chi connectivity index (χ1) is 15.5. The molecule has 1 heterocycles. The number of carbonyl (C=O) groups is 1. The molecule has 0 fully saturated rings. The Labute approximate surface area is 199 Å². The third kappa shape index (κ3) is 8.24. The number of hydrogen-bond acceptors (Lipinski definition) is 7. The molecule has 32 heavy (non-hydrogen) atoms. The Kier molecular flexibility index (Phi) is 10.1. The van der Waals surface area contributed by atoms with Gasteiger partial charge in [0.2, 0.25) is 0 Å². The number of benzene rings is 2. The average Bonchev–Trinajstić information content (AvgIpc) is 3.20. The summed E-state index contributed by atoms with van der Waals surface area (Å²) >= 11 is 7.07. The van der Waals surface area contributed by atoms with Crippen LogP contribution in [-0.4, -0.2) is 45.1 Å². The van der Waals surface area contributed by atoms with Crippen LogP contribution in [-0.2, 0) is 31.7 Å². The van der Waals surface area contributed by atoms with E-state index in [0.29, 0.717) is 28.2 Å². The van der Waals surface area contributed by atoms with Crippen LogP contribution in [0.2, 0.25) is 5.02 Å². The number of unbranched alkanes of at least 4 members (excludes halogenated alkanes) is 1. The van der Waals surface area contributed by atoms with E-state index < -0.39 is 22.9 Å². The lowest BCUT2D eigenvalue weighted by Gasteiger charge is -2.18. The van der Waals surface area contributed by atoms with Crippen LogP contribution in [0.4, 0.5) is 0 Å². The second kappa shape index (κ2) is 13.0. The Bertz CT molecular complexity index is 992. The second-order valence-corrected chi connectivity index (χ2v) is 10.1. The molecule has 0 saturated carbocycles. The predicted octanol–water partition coefficient (Wildman–Crippen LogP) is 5.25. The van der Waals surface area contributed by atoms with Crippen LogP contribution >= 0.6 is 23.4 Å². The molecule has 0 saturated heterocycles. The number of rotatable bonds is 13. The maximum absolute atomic E-state index is 12.4. The maximum atomic E-state index is 12.4. The van der Waals surface area contributed by atoms with Gasteiger partial charge in [0.15, 0.2) is 5.58 Å². The lowest BCUT2D eigenvalue weighted by atomic mass is 10.2. The van der Waals surface area contributed by atoms with E-state index in [2.05, 4.69) is 4.98 Å². The van der Waals surface area contributed by atoms with Gasteiger partial charge in [-0.2, -0.15) is 0 Å². The van der Waals surface area contributed by atoms with Crippen molar-refractivity contribution in [2.45, 2.75) is 37.7 Å². The topological polar surface area (TPSA) is 78.6 Å². The SMILES string of the molecule is CCCCS(=O)CC(COCc1ccc(Cl)cc1)OC(=O)CSc1nc2ccccc2o1. The first-order valence-electron chi connectivity index (χ1n) is 10.4. The zero-order chi connectivity index (χ0) is 22.8. The molecule has 0 aliphatic rings. The largest absolute Gasteiger partial charge is 0.458 e. The van der Waals surface area contributed by atoms with Crippen molar-refractivity contribution in [2.24, 2.45) is 0 Å². The Morgan fingerprint density at radius 1 is 1.22 bits per heavy atom. The fourth-order valence-corrected chi connectivity index (χ4v) is 4.96. The lowest BCUT2D eigenvalue weighted by molar-refractivity contribution is -0.147. The van der Waals surface area contributed by atoms with Crippen molar-refractivity contribution >= 4 is 51.2 Å². The lowest BCUT2D eigenvalue weighted by Crippen LogP contribution is -2.30. The van der Waals surface area contributed by atoms with Crippen molar-refractivity contribution in [3.05, 3.63) is 59.1 Å². The van der Waals surface area contributed by atoms with Gasteiger partial charge in [-0.1, -0.05) is 61.0 Å². The summed E-state index contributed by atoms with van der Waals surface area (Å²) in [5.41, 5.74) is 2.37. The molecule has 3 aromatic rings. The van der Waals surface area contributed by atoms with Gasteiger partial charge in [-0.25, -0.2) is 4.98 Å². The van der Waals surface area contributed by atoms with Crippen molar-refractivity contribution in [1.29, 1.82) is 0 Å². The highest BCUT2D eigenvalue weighted by Crippen LogP contribution is 2.23. The molecule has 1 aromatic heterocycles. The van der Waals surface area contributed by atoms with E-state index in [1.165, 1.54) is 11.8 Å². The van der Waals surface area contributed by atoms with Crippen LogP contribution in [0.3, 0.4) is 0 Å². The Morgan fingerprint density at radius 3 is 2.75 bits per heavy atom. The second-order valence-electron chi connectivity index (χ2n) is 7.15. The van der Waals surface area contributed by atoms with Gasteiger partial charge in [0.1, 0.15) is 17.4 Å². The summed E-state index contributed by atoms with van der Waals surface area (Å²) in [6.07, 6.45) is 1.24. The molecular weight excluding hydrogens is 470 g/mol. The molecule has 2 unspecified atom stereocenters. The average molecular weight is 496 g/mol. The molecule has 0 aliphatic carbocycles. The third-order valence-electron chi connectivity index (χ3n) is 4.47. The fraction of sp³-hybridized carbons (Fsp3) is 0.391. The number of hydrogen-bond donors (Lipinski definition) is 0. The zero-order valence-electron chi connectivity index (χ0n) is 17.8. The first kappa shape index (κ1) is 24.8. The van der Waals surface area contributed by atoms with E-state index in [1.807, 2.05) is 43.3 Å². The molecule has 2 aromatic carbocycles. The van der Waals surface area contributed by atoms with Crippen molar-refractivity contribution in [3.63, 3.8) is 0 Å². The minimum absolute atomic E-state index is 0.0438. The van der Waals surface area contributed by atoms with Gasteiger partial charge in [0.05, 0.1) is 19.0 Å². The third-order valence-corrected chi connectivity index (χ3v) is 7.01. The maximum Gasteiger partial charge on any atom is 0.316 e. The monoisotopic (exact) mass is 495 g/mol. The highest BCUT2D eigenvalue weighted by Gasteiger charge is 2.19. The number of para-hydroxylation sites is 2. The van der Waals surface area contributed by atoms with Crippen LogP contribution in [0.5, 0.6) is 0 Å². The quantitative estimate of drug-likeness (QED) is 0.236. The van der Waals surface area contributed by atoms with Gasteiger partial charge in [0, 0.05) is 21.6 Å². The predicted molar refractivity (Wildman–Crippen MR) is 129 cm³/mol. The smallest absolute Gasteiger partial charge is 0.316 e. The van der Waals surface area contributed by atoms with Crippen LogP contribution < -0.4 is 0 Å². The number of thioether (sulfide) groups is 1. The molecule has 0 N–H and O–H groups in total. The molecule has 0 bridgehead atoms. The van der Waals surface area contributed by atoms with Crippen molar-refractivity contribution in [3.8, 4) is 0 Å². The first-order valence-corrected chi connectivity index (χ1v) is 13.2. The Morgan fingerprint density at radius 2 is 2.00 bits per heavy atom. The van der Waals surface area contributed by atoms with Crippen molar-refractivity contribution in [2.75, 3.05) is 23.9 Å². The van der Waals surface area contributed by atoms with E-state index >= 15 is 0 Å². The van der Waals surface area contributed by atoms with E-state index in [4.69, 9.17) is 25.5 Å². The van der Waals surface area contributed by atoms with E-state index in [1.54, 1.807) is 12.1 Å². The van der Waals surface area contributed by atoms with Gasteiger partial charge in [-0.3, -0.25) is 9.00 Å². The summed E-state index contributed by atoms with van der Waals surface area (Å²) in [4.78, 5) is 16.8. The number of fused-ring (bicyclic) bond motifs is 1. The summed E-state index contributed by atoms with van der Waals surface area (Å²) in [6, 6.07) is 14.7. The number of halogens is 1. The highest BCUT2D eigenvalue weighted by molar-refractivity contribution is 7.99. The van der Waals surface area contributed by atoms with Crippen molar-refractivity contribution < 1.29 is 22.9 Å². The molecular formula is C23H26ClNO5S2. The van der Waals surface area contributed by atoms with Gasteiger partial charge in [0.25, 0.3) is 5.22 Å². The number of nitrogens with zero attached hydrogens (tertiary/aromatic N) is 1. The Hall–Kier alpha value is -1.87. The standard InChI is InChI=1S/C23H26ClNO5S2/c1-2-3-12-32(27)16-19(14-28-13-17-8-10-18(24)11-9-17)29-22(26)15-31-23-25-20-6-4-5-7-21(20)30-23/h4-11,19H,2-3,12-16H2,1H3. The van der Waals surface area contributed by atoms with E-state index in [-0.39, 0.29) is 18.1 Å². The number of ether oxygens (including phenoxy) is 2. The van der Waals surface area contributed by atoms with E-state index in [0.717, 1.165) is 23.9 Å². The number of esters is 1. The van der Waals surface area contributed by atoms with Gasteiger partial charge in [-0.15, -0.1) is 0 Å². The summed E-state index contributed by atoms with van der Waals surface area (Å²) in [5.74, 6) is 0.450. The molecule has 0 spiro atoms. The molecule has 0 aliphatic heterocycles. The minimum Gasteiger partial charge on any atom is -0.458 e. The van der Waals surface area contributed by atoms with Gasteiger partial charge < -0.3 is 13.9 Å². The summed E-state index contributed by atoms with van der Waals surface area (Å²) in [5, 5.41) is 1.06. The number of aromatic nitrogens is 1. The van der Waals surface area contributed by atoms with Crippen LogP contribution in [0.15, 0.2) is 58.2 Å². The minimum atomic E-state index is -1.08. The van der Waals surface area contributed by atoms with Gasteiger partial charge >= 0.3 is 5.97 Å². The number of carbonyl (C=O) groups excluding carboxylic acids is 1. The zero-order valence-corrected chi connectivity index (χ0v) is 20.2. The van der Waals surface area contributed by atoms with E-state index in [9.17, 15) is 9.00 Å². The molecule has 0 amide bonds. The van der Waals surface area contributed by atoms with Crippen LogP contribution in [0.1, 0.15) is 25.3 Å². The summed E-state index contributed by atoms with van der Waals surface area (Å²) < 4.78 is 29.3. The highest BCUT2D eigenvalue weighted by atomic mass is 35.5. The molecule has 9 heteroatoms. The molecule has 3 rings (SSSR count). The molecule has 172 valence electrons. The van der Waals surface area contributed by atoms with Crippen LogP contribution in [0, 0.1) is 0 Å². The summed E-state index contributed by atoms with van der Waals surface area (Å²) in [7, 11) is -1.08. The molecule has 6 nitrogen and oxygen atoms in total.